The Labute approximate surface area is 186 Å². The fraction of sp³-hybridized carbons (Fsp3) is 0.318. The first-order valence-electron chi connectivity index (χ1n) is 9.57. The molecule has 0 fully saturated rings. The van der Waals surface area contributed by atoms with Crippen LogP contribution in [0.15, 0.2) is 75.4 Å². The molecule has 8 heteroatoms. The van der Waals surface area contributed by atoms with Crippen LogP contribution in [0.2, 0.25) is 0 Å². The third-order valence-corrected chi connectivity index (χ3v) is 8.03. The molecule has 1 heterocycles. The first-order valence-corrected chi connectivity index (χ1v) is 12.4. The van der Waals surface area contributed by atoms with Gasteiger partial charge >= 0.3 is 5.97 Å². The number of carbonyl (C=O) groups is 1. The van der Waals surface area contributed by atoms with E-state index in [1.165, 1.54) is 17.8 Å². The van der Waals surface area contributed by atoms with Gasteiger partial charge in [0.05, 0.1) is 10.4 Å². The summed E-state index contributed by atoms with van der Waals surface area (Å²) in [6.07, 6.45) is 1.71. The van der Waals surface area contributed by atoms with E-state index in [2.05, 4.69) is 4.72 Å². The van der Waals surface area contributed by atoms with Crippen LogP contribution in [0.1, 0.15) is 25.3 Å². The molecule has 0 unspecified atom stereocenters. The monoisotopic (exact) mass is 465 g/mol. The number of benzene rings is 2. The zero-order chi connectivity index (χ0) is 21.8. The van der Waals surface area contributed by atoms with E-state index in [1.54, 1.807) is 31.2 Å². The molecule has 0 aromatic heterocycles. The molecule has 1 aliphatic heterocycles. The summed E-state index contributed by atoms with van der Waals surface area (Å²) in [4.78, 5) is 13.9. The normalized spacial score (nSPS) is 21.8. The Morgan fingerprint density at radius 3 is 2.43 bits per heavy atom. The second kappa shape index (κ2) is 9.56. The van der Waals surface area contributed by atoms with E-state index in [0.717, 1.165) is 10.5 Å². The van der Waals surface area contributed by atoms with Gasteiger partial charge in [0.15, 0.2) is 0 Å². The Bertz CT molecular complexity index is 1020. The molecule has 0 aliphatic carbocycles. The maximum Gasteiger partial charge on any atom is 0.331 e. The van der Waals surface area contributed by atoms with Crippen LogP contribution in [0.25, 0.3) is 0 Å². The lowest BCUT2D eigenvalue weighted by Crippen LogP contribution is -2.58. The predicted octanol–water partition coefficient (Wildman–Crippen LogP) is 4.65. The van der Waals surface area contributed by atoms with Gasteiger partial charge in [-0.2, -0.15) is 4.72 Å². The van der Waals surface area contributed by atoms with Crippen LogP contribution < -0.4 is 4.72 Å². The van der Waals surface area contributed by atoms with Crippen LogP contribution >= 0.6 is 23.4 Å². The van der Waals surface area contributed by atoms with E-state index in [4.69, 9.17) is 16.3 Å². The molecule has 0 spiro atoms. The van der Waals surface area contributed by atoms with E-state index < -0.39 is 27.6 Å². The number of cyclic esters (lactones) is 1. The van der Waals surface area contributed by atoms with Gasteiger partial charge in [-0.15, -0.1) is 11.6 Å². The number of hydrogen-bond acceptors (Lipinski definition) is 5. The standard InChI is InChI=1S/C22H24ClNO4S2/c1-16-10-12-18(13-11-16)30(26,27)24-22(2)19(9-6-14-23)28-21(25)15-20(22)29-17-7-4-3-5-8-17/h3-5,7-8,10-13,15,19,24H,6,9,14H2,1-2H3/t19-,22-/m1/s1. The molecule has 5 nitrogen and oxygen atoms in total. The zero-order valence-electron chi connectivity index (χ0n) is 16.8. The lowest BCUT2D eigenvalue weighted by molar-refractivity contribution is -0.148. The zero-order valence-corrected chi connectivity index (χ0v) is 19.2. The molecule has 160 valence electrons. The largest absolute Gasteiger partial charge is 0.457 e. The van der Waals surface area contributed by atoms with Crippen molar-refractivity contribution in [3.63, 3.8) is 0 Å². The second-order valence-electron chi connectivity index (χ2n) is 7.30. The summed E-state index contributed by atoms with van der Waals surface area (Å²) in [6.45, 7) is 3.65. The number of aryl methyl sites for hydroxylation is 1. The van der Waals surface area contributed by atoms with Crippen LogP contribution in [-0.4, -0.2) is 31.9 Å². The van der Waals surface area contributed by atoms with Crippen molar-refractivity contribution in [1.29, 1.82) is 0 Å². The van der Waals surface area contributed by atoms with Crippen molar-refractivity contribution in [2.75, 3.05) is 5.88 Å². The van der Waals surface area contributed by atoms with Crippen molar-refractivity contribution in [1.82, 2.24) is 4.72 Å². The maximum absolute atomic E-state index is 13.2. The maximum atomic E-state index is 13.2. The average molecular weight is 466 g/mol. The van der Waals surface area contributed by atoms with Crippen molar-refractivity contribution < 1.29 is 17.9 Å². The number of alkyl halides is 1. The SMILES string of the molecule is Cc1ccc(S(=O)(=O)N[C@@]2(C)C(Sc3ccccc3)=CC(=O)O[C@@H]2CCCCl)cc1. The highest BCUT2D eigenvalue weighted by atomic mass is 35.5. The van der Waals surface area contributed by atoms with Crippen molar-refractivity contribution >= 4 is 39.4 Å². The van der Waals surface area contributed by atoms with Gasteiger partial charge in [-0.3, -0.25) is 0 Å². The smallest absolute Gasteiger partial charge is 0.331 e. The van der Waals surface area contributed by atoms with Crippen LogP contribution in [0, 0.1) is 6.92 Å². The fourth-order valence-electron chi connectivity index (χ4n) is 3.24. The highest BCUT2D eigenvalue weighted by Crippen LogP contribution is 2.41. The quantitative estimate of drug-likeness (QED) is 0.453. The Morgan fingerprint density at radius 1 is 1.13 bits per heavy atom. The number of carbonyl (C=O) groups excluding carboxylic acids is 1. The molecule has 2 aromatic carbocycles. The van der Waals surface area contributed by atoms with Gasteiger partial charge in [-0.05, 0) is 51.0 Å². The first kappa shape index (κ1) is 22.9. The number of sulfonamides is 1. The third-order valence-electron chi connectivity index (χ3n) is 4.91. The highest BCUT2D eigenvalue weighted by Gasteiger charge is 2.46. The summed E-state index contributed by atoms with van der Waals surface area (Å²) >= 11 is 7.21. The molecule has 30 heavy (non-hydrogen) atoms. The number of esters is 1. The van der Waals surface area contributed by atoms with Crippen molar-refractivity contribution in [3.8, 4) is 0 Å². The van der Waals surface area contributed by atoms with E-state index in [1.807, 2.05) is 37.3 Å². The van der Waals surface area contributed by atoms with Gasteiger partial charge in [0.2, 0.25) is 10.0 Å². The molecule has 2 atom stereocenters. The lowest BCUT2D eigenvalue weighted by Gasteiger charge is -2.41. The number of thioether (sulfide) groups is 1. The number of rotatable bonds is 8. The molecule has 0 radical (unpaired) electrons. The minimum Gasteiger partial charge on any atom is -0.457 e. The van der Waals surface area contributed by atoms with Crippen molar-refractivity contribution in [2.45, 2.75) is 48.1 Å². The van der Waals surface area contributed by atoms with Crippen LogP contribution in [0.3, 0.4) is 0 Å². The summed E-state index contributed by atoms with van der Waals surface area (Å²) in [6, 6.07) is 16.1. The van der Waals surface area contributed by atoms with Crippen molar-refractivity contribution in [3.05, 3.63) is 71.1 Å². The van der Waals surface area contributed by atoms with E-state index in [0.29, 0.717) is 23.6 Å². The average Bonchev–Trinajstić information content (AvgIpc) is 2.70. The Hall–Kier alpha value is -1.80. The molecular weight excluding hydrogens is 442 g/mol. The third kappa shape index (κ3) is 5.27. The molecule has 0 saturated carbocycles. The summed E-state index contributed by atoms with van der Waals surface area (Å²) in [7, 11) is -3.86. The molecule has 2 aromatic rings. The molecule has 0 bridgehead atoms. The fourth-order valence-corrected chi connectivity index (χ4v) is 5.97. The van der Waals surface area contributed by atoms with Crippen molar-refractivity contribution in [2.24, 2.45) is 0 Å². The topological polar surface area (TPSA) is 72.5 Å². The van der Waals surface area contributed by atoms with Crippen LogP contribution in [-0.2, 0) is 19.6 Å². The highest BCUT2D eigenvalue weighted by molar-refractivity contribution is 8.03. The van der Waals surface area contributed by atoms with Crippen LogP contribution in [0.4, 0.5) is 0 Å². The molecular formula is C22H24ClNO4S2. The second-order valence-corrected chi connectivity index (χ2v) is 10.5. The molecule has 1 N–H and O–H groups in total. The first-order chi connectivity index (χ1) is 14.2. The van der Waals surface area contributed by atoms with Gasteiger partial charge in [0.1, 0.15) is 6.10 Å². The molecule has 1 aliphatic rings. The Balaban J connectivity index is 2.00. The van der Waals surface area contributed by atoms with Gasteiger partial charge in [0, 0.05) is 21.8 Å². The minimum absolute atomic E-state index is 0.159. The number of hydrogen-bond donors (Lipinski definition) is 1. The van der Waals surface area contributed by atoms with E-state index in [-0.39, 0.29) is 4.90 Å². The van der Waals surface area contributed by atoms with Gasteiger partial charge in [-0.1, -0.05) is 47.7 Å². The number of nitrogens with one attached hydrogen (secondary N) is 1. The molecule has 3 rings (SSSR count). The molecule has 0 saturated heterocycles. The number of halogens is 1. The van der Waals surface area contributed by atoms with Gasteiger partial charge < -0.3 is 4.74 Å². The summed E-state index contributed by atoms with van der Waals surface area (Å²) in [5, 5.41) is 0. The molecule has 0 amide bonds. The van der Waals surface area contributed by atoms with Crippen LogP contribution in [0.5, 0.6) is 0 Å². The summed E-state index contributed by atoms with van der Waals surface area (Å²) in [5.41, 5.74) is -0.170. The predicted molar refractivity (Wildman–Crippen MR) is 120 cm³/mol. The number of ether oxygens (including phenoxy) is 1. The summed E-state index contributed by atoms with van der Waals surface area (Å²) < 4.78 is 34.8. The van der Waals surface area contributed by atoms with Gasteiger partial charge in [0.25, 0.3) is 0 Å². The van der Waals surface area contributed by atoms with Gasteiger partial charge in [-0.25, -0.2) is 13.2 Å². The van der Waals surface area contributed by atoms with E-state index >= 15 is 0 Å². The minimum atomic E-state index is -3.86. The Kier molecular flexibility index (Phi) is 7.29. The van der Waals surface area contributed by atoms with E-state index in [9.17, 15) is 13.2 Å². The summed E-state index contributed by atoms with van der Waals surface area (Å²) in [5.74, 6) is -0.0975. The Morgan fingerprint density at radius 2 is 1.80 bits per heavy atom. The lowest BCUT2D eigenvalue weighted by atomic mass is 9.90.